The summed E-state index contributed by atoms with van der Waals surface area (Å²) >= 11 is 0. The van der Waals surface area contributed by atoms with Gasteiger partial charge in [0.15, 0.2) is 5.82 Å². The van der Waals surface area contributed by atoms with E-state index >= 15 is 0 Å². The van der Waals surface area contributed by atoms with Crippen molar-refractivity contribution in [2.24, 2.45) is 0 Å². The van der Waals surface area contributed by atoms with E-state index in [1.165, 1.54) is 7.11 Å². The molecular weight excluding hydrogens is 316 g/mol. The molecule has 0 fully saturated rings. The minimum Gasteiger partial charge on any atom is -0.497 e. The number of carbonyl (C=O) groups is 1. The van der Waals surface area contributed by atoms with Crippen molar-refractivity contribution in [2.75, 3.05) is 14.2 Å². The zero-order chi connectivity index (χ0) is 17.4. The monoisotopic (exact) mass is 332 g/mol. The molecule has 0 aliphatic rings. The lowest BCUT2D eigenvalue weighted by atomic mass is 10.1. The molecule has 0 radical (unpaired) electrons. The topological polar surface area (TPSA) is 53.3 Å². The van der Waals surface area contributed by atoms with E-state index in [-0.39, 0.29) is 0 Å². The summed E-state index contributed by atoms with van der Waals surface area (Å²) in [7, 11) is 3.00. The van der Waals surface area contributed by atoms with Crippen LogP contribution in [0.3, 0.4) is 0 Å². The van der Waals surface area contributed by atoms with Crippen LogP contribution in [-0.4, -0.2) is 29.7 Å². The van der Waals surface area contributed by atoms with Crippen LogP contribution in [0, 0.1) is 0 Å². The minimum atomic E-state index is -0.420. The summed E-state index contributed by atoms with van der Waals surface area (Å²) in [5, 5.41) is 2.15. The predicted molar refractivity (Wildman–Crippen MR) is 96.5 cm³/mol. The van der Waals surface area contributed by atoms with Crippen LogP contribution < -0.4 is 4.74 Å². The van der Waals surface area contributed by atoms with Gasteiger partial charge in [-0.05, 0) is 30.3 Å². The van der Waals surface area contributed by atoms with Gasteiger partial charge in [0.2, 0.25) is 0 Å². The summed E-state index contributed by atoms with van der Waals surface area (Å²) in [5.41, 5.74) is 2.30. The molecule has 2 aromatic heterocycles. The molecule has 0 unspecified atom stereocenters. The molecule has 0 aliphatic carbocycles. The lowest BCUT2D eigenvalue weighted by Gasteiger charge is -2.11. The first-order chi connectivity index (χ1) is 12.2. The van der Waals surface area contributed by atoms with Gasteiger partial charge in [-0.15, -0.1) is 0 Å². The van der Waals surface area contributed by atoms with E-state index in [9.17, 15) is 4.79 Å². The molecule has 0 atom stereocenters. The molecule has 4 aromatic rings. The van der Waals surface area contributed by atoms with E-state index in [1.54, 1.807) is 25.4 Å². The number of pyridine rings is 1. The second-order valence-corrected chi connectivity index (χ2v) is 5.60. The van der Waals surface area contributed by atoms with Gasteiger partial charge in [-0.25, -0.2) is 9.78 Å². The van der Waals surface area contributed by atoms with Crippen molar-refractivity contribution in [3.05, 3.63) is 66.4 Å². The van der Waals surface area contributed by atoms with Crippen LogP contribution in [0.5, 0.6) is 5.75 Å². The Hall–Kier alpha value is -3.34. The number of para-hydroxylation sites is 1. The summed E-state index contributed by atoms with van der Waals surface area (Å²) in [4.78, 5) is 16.7. The van der Waals surface area contributed by atoms with Gasteiger partial charge >= 0.3 is 5.97 Å². The van der Waals surface area contributed by atoms with Crippen molar-refractivity contribution in [3.8, 4) is 11.6 Å². The molecule has 124 valence electrons. The van der Waals surface area contributed by atoms with E-state index < -0.39 is 5.97 Å². The Balaban J connectivity index is 2.15. The quantitative estimate of drug-likeness (QED) is 0.533. The van der Waals surface area contributed by atoms with Crippen LogP contribution in [0.25, 0.3) is 27.6 Å². The largest absolute Gasteiger partial charge is 0.497 e. The average molecular weight is 332 g/mol. The van der Waals surface area contributed by atoms with Crippen LogP contribution in [0.15, 0.2) is 60.8 Å². The third kappa shape index (κ3) is 2.32. The summed E-state index contributed by atoms with van der Waals surface area (Å²) in [6.07, 6.45) is 1.67. The summed E-state index contributed by atoms with van der Waals surface area (Å²) in [6.45, 7) is 0. The Labute approximate surface area is 144 Å². The maximum absolute atomic E-state index is 12.2. The van der Waals surface area contributed by atoms with Gasteiger partial charge in [0.1, 0.15) is 11.3 Å². The highest BCUT2D eigenvalue weighted by atomic mass is 16.5. The van der Waals surface area contributed by atoms with Crippen molar-refractivity contribution in [1.29, 1.82) is 0 Å². The van der Waals surface area contributed by atoms with Gasteiger partial charge < -0.3 is 9.47 Å². The first-order valence-electron chi connectivity index (χ1n) is 7.85. The maximum atomic E-state index is 12.2. The highest BCUT2D eigenvalue weighted by Crippen LogP contribution is 2.34. The van der Waals surface area contributed by atoms with Crippen molar-refractivity contribution in [1.82, 2.24) is 9.55 Å². The van der Waals surface area contributed by atoms with Gasteiger partial charge in [0, 0.05) is 23.0 Å². The van der Waals surface area contributed by atoms with E-state index in [0.717, 1.165) is 27.6 Å². The maximum Gasteiger partial charge on any atom is 0.341 e. The lowest BCUT2D eigenvalue weighted by Crippen LogP contribution is -2.09. The van der Waals surface area contributed by atoms with Crippen molar-refractivity contribution in [3.63, 3.8) is 0 Å². The molecule has 5 nitrogen and oxygen atoms in total. The highest BCUT2D eigenvalue weighted by Gasteiger charge is 2.19. The second-order valence-electron chi connectivity index (χ2n) is 5.60. The Bertz CT molecular complexity index is 1100. The number of hydrogen-bond donors (Lipinski definition) is 0. The molecule has 2 heterocycles. The summed E-state index contributed by atoms with van der Waals surface area (Å²) in [6, 6.07) is 17.4. The number of rotatable bonds is 3. The molecule has 0 amide bonds. The number of esters is 1. The third-order valence-corrected chi connectivity index (χ3v) is 4.28. The Morgan fingerprint density at radius 3 is 2.56 bits per heavy atom. The number of aromatic nitrogens is 2. The fourth-order valence-electron chi connectivity index (χ4n) is 3.15. The number of fused-ring (bicyclic) bond motifs is 3. The molecule has 0 saturated heterocycles. The second kappa shape index (κ2) is 5.94. The van der Waals surface area contributed by atoms with Crippen LogP contribution in [0.4, 0.5) is 0 Å². The zero-order valence-electron chi connectivity index (χ0n) is 13.9. The summed E-state index contributed by atoms with van der Waals surface area (Å²) in [5.74, 6) is 0.859. The number of nitrogens with zero attached hydrogens (tertiary/aromatic N) is 2. The molecule has 25 heavy (non-hydrogen) atoms. The number of methoxy groups -OCH3 is 2. The van der Waals surface area contributed by atoms with Crippen molar-refractivity contribution >= 4 is 27.8 Å². The SMILES string of the molecule is COC(=O)c1cccnc1-n1c2ccccc2c2ccc(OC)cc21. The van der Waals surface area contributed by atoms with Gasteiger partial charge in [0.25, 0.3) is 0 Å². The van der Waals surface area contributed by atoms with Crippen LogP contribution in [-0.2, 0) is 4.74 Å². The standard InChI is InChI=1S/C20H16N2O3/c1-24-13-9-10-15-14-6-3-4-8-17(14)22(18(15)12-13)19-16(20(23)25-2)7-5-11-21-19/h3-12H,1-2H3. The van der Waals surface area contributed by atoms with E-state index in [1.807, 2.05) is 41.0 Å². The first kappa shape index (κ1) is 15.2. The van der Waals surface area contributed by atoms with E-state index in [2.05, 4.69) is 11.1 Å². The molecular formula is C20H16N2O3. The molecule has 0 aliphatic heterocycles. The van der Waals surface area contributed by atoms with Crippen molar-refractivity contribution in [2.45, 2.75) is 0 Å². The van der Waals surface area contributed by atoms with Crippen LogP contribution in [0.1, 0.15) is 10.4 Å². The fraction of sp³-hybridized carbons (Fsp3) is 0.100. The lowest BCUT2D eigenvalue weighted by molar-refractivity contribution is 0.0600. The molecule has 2 aromatic carbocycles. The predicted octanol–water partition coefficient (Wildman–Crippen LogP) is 3.97. The Morgan fingerprint density at radius 2 is 1.76 bits per heavy atom. The van der Waals surface area contributed by atoms with Gasteiger partial charge in [-0.2, -0.15) is 0 Å². The minimum absolute atomic E-state index is 0.412. The Kier molecular flexibility index (Phi) is 3.61. The normalized spacial score (nSPS) is 11.0. The number of hydrogen-bond acceptors (Lipinski definition) is 4. The highest BCUT2D eigenvalue weighted by molar-refractivity contribution is 6.10. The number of ether oxygens (including phenoxy) is 2. The molecule has 0 spiro atoms. The zero-order valence-corrected chi connectivity index (χ0v) is 13.9. The van der Waals surface area contributed by atoms with Crippen molar-refractivity contribution < 1.29 is 14.3 Å². The van der Waals surface area contributed by atoms with Gasteiger partial charge in [-0.1, -0.05) is 18.2 Å². The molecule has 0 bridgehead atoms. The van der Waals surface area contributed by atoms with Gasteiger partial charge in [0.05, 0.1) is 25.3 Å². The third-order valence-electron chi connectivity index (χ3n) is 4.28. The summed E-state index contributed by atoms with van der Waals surface area (Å²) < 4.78 is 12.3. The number of carbonyl (C=O) groups excluding carboxylic acids is 1. The average Bonchev–Trinajstić information content (AvgIpc) is 3.00. The first-order valence-corrected chi connectivity index (χ1v) is 7.85. The van der Waals surface area contributed by atoms with Gasteiger partial charge in [-0.3, -0.25) is 4.57 Å². The molecule has 0 N–H and O–H groups in total. The smallest absolute Gasteiger partial charge is 0.341 e. The van der Waals surface area contributed by atoms with E-state index in [0.29, 0.717) is 11.4 Å². The fourth-order valence-corrected chi connectivity index (χ4v) is 3.15. The Morgan fingerprint density at radius 1 is 0.960 bits per heavy atom. The van der Waals surface area contributed by atoms with Crippen LogP contribution >= 0.6 is 0 Å². The molecule has 5 heteroatoms. The van der Waals surface area contributed by atoms with Crippen LogP contribution in [0.2, 0.25) is 0 Å². The molecule has 4 rings (SSSR count). The number of benzene rings is 2. The van der Waals surface area contributed by atoms with E-state index in [4.69, 9.17) is 9.47 Å². The molecule has 0 saturated carbocycles.